The number of carbonyl (C=O) groups excluding carboxylic acids is 1. The van der Waals surface area contributed by atoms with Crippen molar-refractivity contribution in [2.45, 2.75) is 6.54 Å². The topological polar surface area (TPSA) is 38.1 Å². The van der Waals surface area contributed by atoms with E-state index in [4.69, 9.17) is 0 Å². The van der Waals surface area contributed by atoms with Crippen LogP contribution >= 0.6 is 0 Å². The van der Waals surface area contributed by atoms with E-state index in [0.717, 1.165) is 17.7 Å². The van der Waals surface area contributed by atoms with E-state index < -0.39 is 11.6 Å². The fourth-order valence-corrected chi connectivity index (χ4v) is 1.92. The highest BCUT2D eigenvalue weighted by Gasteiger charge is 2.16. The molecule has 1 aromatic heterocycles. The highest BCUT2D eigenvalue weighted by Crippen LogP contribution is 2.24. The van der Waals surface area contributed by atoms with Crippen molar-refractivity contribution < 1.29 is 13.6 Å². The van der Waals surface area contributed by atoms with Crippen molar-refractivity contribution in [1.29, 1.82) is 0 Å². The lowest BCUT2D eigenvalue weighted by Gasteiger charge is -2.20. The summed E-state index contributed by atoms with van der Waals surface area (Å²) in [5.41, 5.74) is 0.659. The van der Waals surface area contributed by atoms with Crippen LogP contribution in [0.4, 0.5) is 14.5 Å². The fraction of sp³-hybridized carbons (Fsp3) is 0.231. The first kappa shape index (κ1) is 13.2. The largest absolute Gasteiger partial charge is 0.365 e. The quantitative estimate of drug-likeness (QED) is 0.795. The van der Waals surface area contributed by atoms with Gasteiger partial charge < -0.3 is 4.90 Å². The lowest BCUT2D eigenvalue weighted by molar-refractivity contribution is 0.112. The SMILES string of the molecule is CN(Cc1cnn(C)c1)c1c(F)cc(C=O)cc1F. The van der Waals surface area contributed by atoms with Crippen molar-refractivity contribution in [2.24, 2.45) is 7.05 Å². The second-order valence-corrected chi connectivity index (χ2v) is 4.33. The monoisotopic (exact) mass is 265 g/mol. The summed E-state index contributed by atoms with van der Waals surface area (Å²) in [4.78, 5) is 12.0. The van der Waals surface area contributed by atoms with E-state index in [1.165, 1.54) is 4.90 Å². The minimum Gasteiger partial charge on any atom is -0.365 e. The van der Waals surface area contributed by atoms with Crippen LogP contribution in [0, 0.1) is 11.6 Å². The highest BCUT2D eigenvalue weighted by atomic mass is 19.1. The molecule has 0 amide bonds. The number of aldehydes is 1. The average Bonchev–Trinajstić information content (AvgIpc) is 2.73. The Bertz CT molecular complexity index is 587. The number of anilines is 1. The molecule has 0 fully saturated rings. The summed E-state index contributed by atoms with van der Waals surface area (Å²) in [6, 6.07) is 2.04. The van der Waals surface area contributed by atoms with Crippen LogP contribution in [0.5, 0.6) is 0 Å². The summed E-state index contributed by atoms with van der Waals surface area (Å²) in [7, 11) is 3.35. The number of carbonyl (C=O) groups is 1. The molecule has 0 saturated heterocycles. The first-order valence-electron chi connectivity index (χ1n) is 5.64. The summed E-state index contributed by atoms with van der Waals surface area (Å²) in [5, 5.41) is 3.99. The number of aromatic nitrogens is 2. The van der Waals surface area contributed by atoms with Gasteiger partial charge in [0.15, 0.2) is 0 Å². The van der Waals surface area contributed by atoms with Gasteiger partial charge in [-0.3, -0.25) is 9.48 Å². The Morgan fingerprint density at radius 2 is 2.00 bits per heavy atom. The van der Waals surface area contributed by atoms with Crippen LogP contribution in [-0.2, 0) is 13.6 Å². The van der Waals surface area contributed by atoms with Gasteiger partial charge in [-0.1, -0.05) is 0 Å². The molecule has 1 aromatic carbocycles. The molecule has 1 heterocycles. The number of rotatable bonds is 4. The third-order valence-electron chi connectivity index (χ3n) is 2.74. The zero-order chi connectivity index (χ0) is 14.0. The molecular weight excluding hydrogens is 252 g/mol. The molecule has 0 radical (unpaired) electrons. The Kier molecular flexibility index (Phi) is 3.59. The Labute approximate surface area is 109 Å². The number of hydrogen-bond acceptors (Lipinski definition) is 3. The molecule has 0 aliphatic heterocycles. The molecule has 4 nitrogen and oxygen atoms in total. The van der Waals surface area contributed by atoms with Crippen LogP contribution in [0.25, 0.3) is 0 Å². The van der Waals surface area contributed by atoms with Crippen LogP contribution < -0.4 is 4.90 Å². The lowest BCUT2D eigenvalue weighted by atomic mass is 10.2. The van der Waals surface area contributed by atoms with Gasteiger partial charge in [0.05, 0.1) is 6.20 Å². The van der Waals surface area contributed by atoms with Gasteiger partial charge in [-0.2, -0.15) is 5.10 Å². The number of hydrogen-bond donors (Lipinski definition) is 0. The maximum absolute atomic E-state index is 13.8. The van der Waals surface area contributed by atoms with Crippen molar-refractivity contribution in [3.8, 4) is 0 Å². The molecule has 0 aliphatic rings. The van der Waals surface area contributed by atoms with Crippen LogP contribution in [0.3, 0.4) is 0 Å². The Hall–Kier alpha value is -2.24. The molecule has 19 heavy (non-hydrogen) atoms. The molecular formula is C13H13F2N3O. The van der Waals surface area contributed by atoms with Gasteiger partial charge >= 0.3 is 0 Å². The van der Waals surface area contributed by atoms with Crippen molar-refractivity contribution in [3.63, 3.8) is 0 Å². The first-order valence-corrected chi connectivity index (χ1v) is 5.64. The van der Waals surface area contributed by atoms with Gasteiger partial charge in [0, 0.05) is 38.0 Å². The summed E-state index contributed by atoms with van der Waals surface area (Å²) >= 11 is 0. The van der Waals surface area contributed by atoms with Crippen LogP contribution in [0.1, 0.15) is 15.9 Å². The van der Waals surface area contributed by atoms with E-state index in [9.17, 15) is 13.6 Å². The van der Waals surface area contributed by atoms with Gasteiger partial charge in [0.1, 0.15) is 23.6 Å². The van der Waals surface area contributed by atoms with E-state index in [0.29, 0.717) is 12.8 Å². The van der Waals surface area contributed by atoms with Crippen molar-refractivity contribution in [3.05, 3.63) is 47.3 Å². The average molecular weight is 265 g/mol. The fourth-order valence-electron chi connectivity index (χ4n) is 1.92. The predicted octanol–water partition coefficient (Wildman–Crippen LogP) is 2.15. The molecule has 0 atom stereocenters. The van der Waals surface area contributed by atoms with E-state index >= 15 is 0 Å². The lowest BCUT2D eigenvalue weighted by Crippen LogP contribution is -2.19. The molecule has 0 N–H and O–H groups in total. The minimum atomic E-state index is -0.756. The summed E-state index contributed by atoms with van der Waals surface area (Å²) < 4.78 is 29.2. The van der Waals surface area contributed by atoms with E-state index in [1.807, 2.05) is 0 Å². The number of nitrogens with zero attached hydrogens (tertiary/aromatic N) is 3. The normalized spacial score (nSPS) is 10.5. The van der Waals surface area contributed by atoms with Crippen molar-refractivity contribution in [1.82, 2.24) is 9.78 Å². The number of benzene rings is 1. The standard InChI is InChI=1S/C13H13F2N3O/c1-17(6-10-5-16-18(2)7-10)13-11(14)3-9(8-19)4-12(13)15/h3-5,7-8H,6H2,1-2H3. The van der Waals surface area contributed by atoms with Crippen LogP contribution in [0.2, 0.25) is 0 Å². The predicted molar refractivity (Wildman–Crippen MR) is 67.1 cm³/mol. The zero-order valence-electron chi connectivity index (χ0n) is 10.6. The maximum Gasteiger partial charge on any atom is 0.150 e. The molecule has 0 spiro atoms. The Morgan fingerprint density at radius 1 is 1.37 bits per heavy atom. The summed E-state index contributed by atoms with van der Waals surface area (Å²) in [6.07, 6.45) is 3.81. The minimum absolute atomic E-state index is 0.0199. The molecule has 0 saturated carbocycles. The zero-order valence-corrected chi connectivity index (χ0v) is 10.6. The van der Waals surface area contributed by atoms with E-state index in [1.54, 1.807) is 31.2 Å². The van der Waals surface area contributed by atoms with Crippen LogP contribution in [-0.4, -0.2) is 23.1 Å². The Morgan fingerprint density at radius 3 is 2.47 bits per heavy atom. The molecule has 2 rings (SSSR count). The van der Waals surface area contributed by atoms with E-state index in [-0.39, 0.29) is 11.3 Å². The molecule has 0 unspecified atom stereocenters. The van der Waals surface area contributed by atoms with Gasteiger partial charge in [-0.15, -0.1) is 0 Å². The summed E-state index contributed by atoms with van der Waals surface area (Å²) in [6.45, 7) is 0.322. The first-order chi connectivity index (χ1) is 9.01. The van der Waals surface area contributed by atoms with Gasteiger partial charge in [0.2, 0.25) is 0 Å². The second-order valence-electron chi connectivity index (χ2n) is 4.33. The van der Waals surface area contributed by atoms with Gasteiger partial charge in [0.25, 0.3) is 0 Å². The van der Waals surface area contributed by atoms with Gasteiger partial charge in [-0.25, -0.2) is 8.78 Å². The summed E-state index contributed by atoms with van der Waals surface area (Å²) in [5.74, 6) is -1.51. The third-order valence-corrected chi connectivity index (χ3v) is 2.74. The van der Waals surface area contributed by atoms with Crippen molar-refractivity contribution >= 4 is 12.0 Å². The molecule has 0 aliphatic carbocycles. The maximum atomic E-state index is 13.8. The van der Waals surface area contributed by atoms with Gasteiger partial charge in [-0.05, 0) is 12.1 Å². The number of halogens is 2. The van der Waals surface area contributed by atoms with Crippen LogP contribution in [0.15, 0.2) is 24.5 Å². The molecule has 6 heteroatoms. The third kappa shape index (κ3) is 2.78. The smallest absolute Gasteiger partial charge is 0.150 e. The van der Waals surface area contributed by atoms with Crippen molar-refractivity contribution in [2.75, 3.05) is 11.9 Å². The molecule has 100 valence electrons. The number of aryl methyl sites for hydroxylation is 1. The highest BCUT2D eigenvalue weighted by molar-refractivity contribution is 5.76. The molecule has 2 aromatic rings. The second kappa shape index (κ2) is 5.17. The molecule has 0 bridgehead atoms. The Balaban J connectivity index is 2.28. The van der Waals surface area contributed by atoms with E-state index in [2.05, 4.69) is 5.10 Å².